The van der Waals surface area contributed by atoms with E-state index in [1.54, 1.807) is 6.92 Å². The molecule has 1 unspecified atom stereocenters. The van der Waals surface area contributed by atoms with E-state index in [9.17, 15) is 12.8 Å². The molecule has 0 aliphatic carbocycles. The Morgan fingerprint density at radius 2 is 1.83 bits per heavy atom. The van der Waals surface area contributed by atoms with Gasteiger partial charge in [-0.15, -0.1) is 0 Å². The zero-order chi connectivity index (χ0) is 17.2. The summed E-state index contributed by atoms with van der Waals surface area (Å²) in [6.07, 6.45) is 0. The van der Waals surface area contributed by atoms with E-state index in [0.29, 0.717) is 0 Å². The van der Waals surface area contributed by atoms with Gasteiger partial charge >= 0.3 is 0 Å². The Balaban J connectivity index is 2.28. The third-order valence-electron chi connectivity index (χ3n) is 3.66. The molecule has 1 atom stereocenters. The lowest BCUT2D eigenvalue weighted by Gasteiger charge is -2.17. The largest absolute Gasteiger partial charge is 0.494 e. The third kappa shape index (κ3) is 3.89. The van der Waals surface area contributed by atoms with E-state index in [2.05, 4.69) is 4.72 Å². The van der Waals surface area contributed by atoms with Gasteiger partial charge in [-0.3, -0.25) is 0 Å². The van der Waals surface area contributed by atoms with Gasteiger partial charge in [0.25, 0.3) is 0 Å². The molecule has 0 heterocycles. The molecule has 6 heteroatoms. The number of methoxy groups -OCH3 is 1. The highest BCUT2D eigenvalue weighted by molar-refractivity contribution is 7.89. The second kappa shape index (κ2) is 6.68. The fraction of sp³-hybridized carbons (Fsp3) is 0.294. The van der Waals surface area contributed by atoms with Crippen LogP contribution in [0.4, 0.5) is 4.39 Å². The molecule has 2 aromatic rings. The summed E-state index contributed by atoms with van der Waals surface area (Å²) in [5, 5.41) is 0. The van der Waals surface area contributed by atoms with Crippen molar-refractivity contribution >= 4 is 10.0 Å². The van der Waals surface area contributed by atoms with E-state index in [1.165, 1.54) is 19.2 Å². The lowest BCUT2D eigenvalue weighted by molar-refractivity contribution is 0.385. The smallest absolute Gasteiger partial charge is 0.241 e. The van der Waals surface area contributed by atoms with Crippen molar-refractivity contribution in [3.8, 4) is 5.75 Å². The first kappa shape index (κ1) is 17.4. The van der Waals surface area contributed by atoms with Crippen LogP contribution in [0.2, 0.25) is 0 Å². The minimum absolute atomic E-state index is 0.00591. The van der Waals surface area contributed by atoms with E-state index >= 15 is 0 Å². The first-order valence-electron chi connectivity index (χ1n) is 7.17. The molecule has 0 amide bonds. The molecule has 0 saturated carbocycles. The van der Waals surface area contributed by atoms with Crippen molar-refractivity contribution in [1.82, 2.24) is 4.72 Å². The van der Waals surface area contributed by atoms with Crippen molar-refractivity contribution in [1.29, 1.82) is 0 Å². The second-order valence-corrected chi connectivity index (χ2v) is 7.21. The fourth-order valence-electron chi connectivity index (χ4n) is 2.49. The molecule has 0 radical (unpaired) electrons. The number of ether oxygens (including phenoxy) is 1. The van der Waals surface area contributed by atoms with Gasteiger partial charge in [-0.2, -0.15) is 0 Å². The molecule has 2 rings (SSSR count). The summed E-state index contributed by atoms with van der Waals surface area (Å²) in [7, 11) is -2.50. The van der Waals surface area contributed by atoms with E-state index < -0.39 is 21.9 Å². The van der Waals surface area contributed by atoms with Crippen LogP contribution >= 0.6 is 0 Å². The summed E-state index contributed by atoms with van der Waals surface area (Å²) in [6.45, 7) is 5.67. The second-order valence-electron chi connectivity index (χ2n) is 5.50. The van der Waals surface area contributed by atoms with Crippen molar-refractivity contribution in [3.63, 3.8) is 0 Å². The van der Waals surface area contributed by atoms with E-state index in [1.807, 2.05) is 32.0 Å². The molecular weight excluding hydrogens is 317 g/mol. The first-order valence-corrected chi connectivity index (χ1v) is 8.66. The highest BCUT2D eigenvalue weighted by atomic mass is 32.2. The molecular formula is C17H20FNO3S. The summed E-state index contributed by atoms with van der Waals surface area (Å²) >= 11 is 0. The van der Waals surface area contributed by atoms with Gasteiger partial charge < -0.3 is 4.74 Å². The number of sulfonamides is 1. The van der Waals surface area contributed by atoms with Crippen LogP contribution in [0.25, 0.3) is 0 Å². The first-order chi connectivity index (χ1) is 10.7. The lowest BCUT2D eigenvalue weighted by Crippen LogP contribution is -2.27. The Morgan fingerprint density at radius 1 is 1.13 bits per heavy atom. The summed E-state index contributed by atoms with van der Waals surface area (Å²) < 4.78 is 46.0. The van der Waals surface area contributed by atoms with Gasteiger partial charge in [-0.05, 0) is 50.1 Å². The maximum Gasteiger partial charge on any atom is 0.241 e. The molecule has 0 saturated heterocycles. The van der Waals surface area contributed by atoms with E-state index in [0.717, 1.165) is 22.8 Å². The maximum absolute atomic E-state index is 13.7. The normalized spacial score (nSPS) is 12.9. The molecule has 0 aliphatic heterocycles. The Labute approximate surface area is 136 Å². The monoisotopic (exact) mass is 337 g/mol. The number of benzene rings is 2. The summed E-state index contributed by atoms with van der Waals surface area (Å²) in [4.78, 5) is -0.132. The van der Waals surface area contributed by atoms with Crippen LogP contribution in [0.15, 0.2) is 41.3 Å². The number of aryl methyl sites for hydroxylation is 2. The molecule has 4 nitrogen and oxygen atoms in total. The van der Waals surface area contributed by atoms with Crippen LogP contribution in [0.5, 0.6) is 5.75 Å². The van der Waals surface area contributed by atoms with Crippen LogP contribution in [0.3, 0.4) is 0 Å². The van der Waals surface area contributed by atoms with Gasteiger partial charge in [-0.1, -0.05) is 23.8 Å². The fourth-order valence-corrected chi connectivity index (χ4v) is 3.72. The average Bonchev–Trinajstić information content (AvgIpc) is 2.46. The van der Waals surface area contributed by atoms with E-state index in [4.69, 9.17) is 4.74 Å². The van der Waals surface area contributed by atoms with Crippen molar-refractivity contribution in [2.45, 2.75) is 31.7 Å². The lowest BCUT2D eigenvalue weighted by atomic mass is 10.0. The Hall–Kier alpha value is -1.92. The maximum atomic E-state index is 13.7. The zero-order valence-electron chi connectivity index (χ0n) is 13.6. The molecule has 23 heavy (non-hydrogen) atoms. The zero-order valence-corrected chi connectivity index (χ0v) is 14.4. The number of hydrogen-bond acceptors (Lipinski definition) is 3. The minimum atomic E-state index is -3.83. The Kier molecular flexibility index (Phi) is 5.06. The summed E-state index contributed by atoms with van der Waals surface area (Å²) in [5.74, 6) is -0.707. The van der Waals surface area contributed by atoms with Crippen LogP contribution < -0.4 is 9.46 Å². The van der Waals surface area contributed by atoms with Crippen molar-refractivity contribution in [2.24, 2.45) is 0 Å². The van der Waals surface area contributed by atoms with Crippen molar-refractivity contribution < 1.29 is 17.5 Å². The van der Waals surface area contributed by atoms with Gasteiger partial charge in [0.05, 0.1) is 12.0 Å². The van der Waals surface area contributed by atoms with Gasteiger partial charge in [0, 0.05) is 6.04 Å². The minimum Gasteiger partial charge on any atom is -0.494 e. The molecule has 0 bridgehead atoms. The predicted octanol–water partition coefficient (Wildman–Crippen LogP) is 3.49. The van der Waals surface area contributed by atoms with Gasteiger partial charge in [0.15, 0.2) is 11.6 Å². The van der Waals surface area contributed by atoms with Crippen LogP contribution in [0, 0.1) is 19.7 Å². The topological polar surface area (TPSA) is 55.4 Å². The van der Waals surface area contributed by atoms with Crippen LogP contribution in [-0.2, 0) is 10.0 Å². The molecule has 0 aliphatic rings. The summed E-state index contributed by atoms with van der Waals surface area (Å²) in [5.41, 5.74) is 2.99. The van der Waals surface area contributed by atoms with Crippen molar-refractivity contribution in [3.05, 3.63) is 58.9 Å². The Morgan fingerprint density at radius 3 is 2.39 bits per heavy atom. The average molecular weight is 337 g/mol. The highest BCUT2D eigenvalue weighted by Crippen LogP contribution is 2.24. The predicted molar refractivity (Wildman–Crippen MR) is 87.6 cm³/mol. The van der Waals surface area contributed by atoms with Gasteiger partial charge in [0.1, 0.15) is 0 Å². The third-order valence-corrected chi connectivity index (χ3v) is 5.20. The van der Waals surface area contributed by atoms with Gasteiger partial charge in [-0.25, -0.2) is 17.5 Å². The van der Waals surface area contributed by atoms with E-state index in [-0.39, 0.29) is 10.6 Å². The number of halogens is 1. The quantitative estimate of drug-likeness (QED) is 0.908. The van der Waals surface area contributed by atoms with Crippen molar-refractivity contribution in [2.75, 3.05) is 7.11 Å². The number of hydrogen-bond donors (Lipinski definition) is 1. The molecule has 0 aromatic heterocycles. The summed E-state index contributed by atoms with van der Waals surface area (Å²) in [6, 6.07) is 8.96. The molecule has 1 N–H and O–H groups in total. The molecule has 124 valence electrons. The van der Waals surface area contributed by atoms with Crippen LogP contribution in [0.1, 0.15) is 29.7 Å². The molecule has 0 fully saturated rings. The molecule has 0 spiro atoms. The Bertz CT molecular complexity index is 819. The highest BCUT2D eigenvalue weighted by Gasteiger charge is 2.21. The molecule has 2 aromatic carbocycles. The standard InChI is InChI=1S/C17H20FNO3S/c1-11-5-7-15(12(2)9-11)13(3)19-23(20,21)14-6-8-17(22-4)16(18)10-14/h5-10,13,19H,1-4H3. The SMILES string of the molecule is COc1ccc(S(=O)(=O)NC(C)c2ccc(C)cc2C)cc1F. The van der Waals surface area contributed by atoms with Gasteiger partial charge in [0.2, 0.25) is 10.0 Å². The number of rotatable bonds is 5. The number of nitrogens with one attached hydrogen (secondary N) is 1. The van der Waals surface area contributed by atoms with Crippen LogP contribution in [-0.4, -0.2) is 15.5 Å².